The molecule has 0 aliphatic heterocycles. The minimum Gasteiger partial charge on any atom is -0.350 e. The van der Waals surface area contributed by atoms with Gasteiger partial charge in [-0.25, -0.2) is 4.98 Å². The molecular formula is C17H16ClN3O. The molecule has 1 amide bonds. The Morgan fingerprint density at radius 3 is 2.73 bits per heavy atom. The molecule has 2 aromatic carbocycles. The second-order valence-corrected chi connectivity index (χ2v) is 5.51. The lowest BCUT2D eigenvalue weighted by molar-refractivity contribution is -0.121. The summed E-state index contributed by atoms with van der Waals surface area (Å²) >= 11 is 6.09. The molecule has 3 aromatic rings. The summed E-state index contributed by atoms with van der Waals surface area (Å²) < 4.78 is 1.91. The Hall–Kier alpha value is -2.33. The number of carbonyl (C=O) groups excluding carboxylic acids is 1. The summed E-state index contributed by atoms with van der Waals surface area (Å²) in [5.41, 5.74) is 2.77. The molecule has 0 spiro atoms. The maximum atomic E-state index is 12.2. The number of aromatic nitrogens is 2. The highest BCUT2D eigenvalue weighted by atomic mass is 35.5. The van der Waals surface area contributed by atoms with Crippen LogP contribution in [0.5, 0.6) is 0 Å². The number of carbonyl (C=O) groups is 1. The first-order chi connectivity index (χ1) is 10.6. The van der Waals surface area contributed by atoms with E-state index >= 15 is 0 Å². The summed E-state index contributed by atoms with van der Waals surface area (Å²) in [5, 5.41) is 3.56. The van der Waals surface area contributed by atoms with Crippen LogP contribution in [0, 0.1) is 6.92 Å². The van der Waals surface area contributed by atoms with Gasteiger partial charge in [0.1, 0.15) is 12.4 Å². The number of nitrogens with one attached hydrogen (secondary N) is 1. The lowest BCUT2D eigenvalue weighted by Gasteiger charge is -2.09. The number of hydrogen-bond acceptors (Lipinski definition) is 2. The number of fused-ring (bicyclic) bond motifs is 1. The molecule has 0 fully saturated rings. The summed E-state index contributed by atoms with van der Waals surface area (Å²) in [5.74, 6) is 0.764. The van der Waals surface area contributed by atoms with Gasteiger partial charge in [-0.2, -0.15) is 0 Å². The number of benzene rings is 2. The molecule has 1 N–H and O–H groups in total. The van der Waals surface area contributed by atoms with Crippen molar-refractivity contribution in [1.29, 1.82) is 0 Å². The molecule has 0 aliphatic rings. The standard InChI is InChI=1S/C17H16ClN3O/c1-12-20-15-8-4-5-9-16(15)21(12)11-17(22)19-10-13-6-2-3-7-14(13)18/h2-9H,10-11H2,1H3,(H,19,22). The van der Waals surface area contributed by atoms with Crippen molar-refractivity contribution in [1.82, 2.24) is 14.9 Å². The molecule has 4 nitrogen and oxygen atoms in total. The van der Waals surface area contributed by atoms with Crippen LogP contribution < -0.4 is 5.32 Å². The van der Waals surface area contributed by atoms with Crippen LogP contribution in [0.4, 0.5) is 0 Å². The predicted octanol–water partition coefficient (Wildman–Crippen LogP) is 3.31. The molecule has 0 saturated carbocycles. The molecule has 0 saturated heterocycles. The monoisotopic (exact) mass is 313 g/mol. The van der Waals surface area contributed by atoms with E-state index < -0.39 is 0 Å². The minimum absolute atomic E-state index is 0.0637. The molecule has 0 aliphatic carbocycles. The number of amides is 1. The molecule has 1 heterocycles. The number of rotatable bonds is 4. The third kappa shape index (κ3) is 2.97. The van der Waals surface area contributed by atoms with Gasteiger partial charge in [0.2, 0.25) is 5.91 Å². The fourth-order valence-corrected chi connectivity index (χ4v) is 2.63. The molecule has 22 heavy (non-hydrogen) atoms. The Morgan fingerprint density at radius 1 is 1.18 bits per heavy atom. The van der Waals surface area contributed by atoms with Gasteiger partial charge in [0, 0.05) is 11.6 Å². The zero-order valence-corrected chi connectivity index (χ0v) is 13.0. The van der Waals surface area contributed by atoms with Gasteiger partial charge in [-0.15, -0.1) is 0 Å². The first-order valence-electron chi connectivity index (χ1n) is 7.07. The van der Waals surface area contributed by atoms with Crippen LogP contribution in [-0.2, 0) is 17.9 Å². The Kier molecular flexibility index (Phi) is 4.11. The van der Waals surface area contributed by atoms with Gasteiger partial charge in [-0.05, 0) is 30.7 Å². The number of para-hydroxylation sites is 2. The normalized spacial score (nSPS) is 10.8. The molecule has 1 aromatic heterocycles. The van der Waals surface area contributed by atoms with E-state index in [4.69, 9.17) is 11.6 Å². The highest BCUT2D eigenvalue weighted by Crippen LogP contribution is 2.16. The van der Waals surface area contributed by atoms with E-state index in [0.29, 0.717) is 11.6 Å². The van der Waals surface area contributed by atoms with Crippen LogP contribution in [0.1, 0.15) is 11.4 Å². The minimum atomic E-state index is -0.0637. The van der Waals surface area contributed by atoms with Crippen LogP contribution in [0.3, 0.4) is 0 Å². The first kappa shape index (κ1) is 14.6. The smallest absolute Gasteiger partial charge is 0.240 e. The Labute approximate surface area is 133 Å². The molecule has 0 bridgehead atoms. The van der Waals surface area contributed by atoms with E-state index in [1.165, 1.54) is 0 Å². The van der Waals surface area contributed by atoms with E-state index in [9.17, 15) is 4.79 Å². The van der Waals surface area contributed by atoms with Crippen molar-refractivity contribution in [3.63, 3.8) is 0 Å². The lowest BCUT2D eigenvalue weighted by Crippen LogP contribution is -2.27. The average Bonchev–Trinajstić information content (AvgIpc) is 2.83. The van der Waals surface area contributed by atoms with Crippen molar-refractivity contribution in [2.45, 2.75) is 20.0 Å². The third-order valence-corrected chi connectivity index (χ3v) is 3.95. The summed E-state index contributed by atoms with van der Waals surface area (Å²) in [4.78, 5) is 16.6. The van der Waals surface area contributed by atoms with Crippen LogP contribution in [-0.4, -0.2) is 15.5 Å². The summed E-state index contributed by atoms with van der Waals surface area (Å²) in [6.45, 7) is 2.57. The molecule has 3 rings (SSSR count). The number of hydrogen-bond donors (Lipinski definition) is 1. The number of imidazole rings is 1. The molecule has 0 radical (unpaired) electrons. The van der Waals surface area contributed by atoms with E-state index in [0.717, 1.165) is 22.4 Å². The van der Waals surface area contributed by atoms with Gasteiger partial charge >= 0.3 is 0 Å². The fraction of sp³-hybridized carbons (Fsp3) is 0.176. The highest BCUT2D eigenvalue weighted by Gasteiger charge is 2.10. The molecule has 5 heteroatoms. The van der Waals surface area contributed by atoms with Gasteiger partial charge in [0.25, 0.3) is 0 Å². The maximum absolute atomic E-state index is 12.2. The van der Waals surface area contributed by atoms with E-state index in [-0.39, 0.29) is 12.5 Å². The van der Waals surface area contributed by atoms with Gasteiger partial charge in [0.05, 0.1) is 11.0 Å². The van der Waals surface area contributed by atoms with E-state index in [2.05, 4.69) is 10.3 Å². The largest absolute Gasteiger partial charge is 0.350 e. The number of halogens is 1. The van der Waals surface area contributed by atoms with Crippen molar-refractivity contribution in [2.75, 3.05) is 0 Å². The average molecular weight is 314 g/mol. The molecule has 0 atom stereocenters. The summed E-state index contributed by atoms with van der Waals surface area (Å²) in [6, 6.07) is 15.3. The van der Waals surface area contributed by atoms with Gasteiger partial charge in [-0.3, -0.25) is 4.79 Å². The van der Waals surface area contributed by atoms with Crippen molar-refractivity contribution >= 4 is 28.5 Å². The predicted molar refractivity (Wildman–Crippen MR) is 87.8 cm³/mol. The van der Waals surface area contributed by atoms with Crippen molar-refractivity contribution in [3.8, 4) is 0 Å². The first-order valence-corrected chi connectivity index (χ1v) is 7.45. The number of aryl methyl sites for hydroxylation is 1. The molecule has 112 valence electrons. The van der Waals surface area contributed by atoms with Gasteiger partial charge in [-0.1, -0.05) is 41.9 Å². The van der Waals surface area contributed by atoms with Gasteiger partial charge < -0.3 is 9.88 Å². The quantitative estimate of drug-likeness (QED) is 0.803. The number of nitrogens with zero attached hydrogens (tertiary/aromatic N) is 2. The van der Waals surface area contributed by atoms with Crippen LogP contribution in [0.15, 0.2) is 48.5 Å². The topological polar surface area (TPSA) is 46.9 Å². The van der Waals surface area contributed by atoms with Crippen LogP contribution in [0.25, 0.3) is 11.0 Å². The summed E-state index contributed by atoms with van der Waals surface area (Å²) in [7, 11) is 0. The zero-order valence-electron chi connectivity index (χ0n) is 12.2. The van der Waals surface area contributed by atoms with E-state index in [1.54, 1.807) is 0 Å². The second-order valence-electron chi connectivity index (χ2n) is 5.10. The summed E-state index contributed by atoms with van der Waals surface area (Å²) in [6.07, 6.45) is 0. The Bertz CT molecular complexity index is 826. The van der Waals surface area contributed by atoms with E-state index in [1.807, 2.05) is 60.0 Å². The van der Waals surface area contributed by atoms with Crippen LogP contribution >= 0.6 is 11.6 Å². The molecular weight excluding hydrogens is 298 g/mol. The Balaban J connectivity index is 1.71. The SMILES string of the molecule is Cc1nc2ccccc2n1CC(=O)NCc1ccccc1Cl. The van der Waals surface area contributed by atoms with Crippen molar-refractivity contribution in [3.05, 3.63) is 64.9 Å². The Morgan fingerprint density at radius 2 is 1.91 bits per heavy atom. The molecule has 0 unspecified atom stereocenters. The third-order valence-electron chi connectivity index (χ3n) is 3.58. The second kappa shape index (κ2) is 6.20. The maximum Gasteiger partial charge on any atom is 0.240 e. The highest BCUT2D eigenvalue weighted by molar-refractivity contribution is 6.31. The van der Waals surface area contributed by atoms with Gasteiger partial charge in [0.15, 0.2) is 0 Å². The van der Waals surface area contributed by atoms with Crippen LogP contribution in [0.2, 0.25) is 5.02 Å². The zero-order chi connectivity index (χ0) is 15.5. The fourth-order valence-electron chi connectivity index (χ4n) is 2.43. The van der Waals surface area contributed by atoms with Crippen molar-refractivity contribution in [2.24, 2.45) is 0 Å². The van der Waals surface area contributed by atoms with Crippen molar-refractivity contribution < 1.29 is 4.79 Å². The lowest BCUT2D eigenvalue weighted by atomic mass is 10.2.